The van der Waals surface area contributed by atoms with E-state index in [0.717, 1.165) is 31.5 Å². The van der Waals surface area contributed by atoms with Gasteiger partial charge in [-0.1, -0.05) is 18.6 Å². The molecule has 2 fully saturated rings. The monoisotopic (exact) mass is 516 g/mol. The zero-order valence-corrected chi connectivity index (χ0v) is 21.8. The summed E-state index contributed by atoms with van der Waals surface area (Å²) in [5, 5.41) is 8.88. The zero-order valence-electron chi connectivity index (χ0n) is 21.8. The summed E-state index contributed by atoms with van der Waals surface area (Å²) < 4.78 is 22.0. The molecule has 0 aromatic heterocycles. The quantitative estimate of drug-likeness (QED) is 0.375. The standard InChI is InChI=1S/C28H40N2O7/c1-34-28(33)22-7-5-21(6-8-22)23-19-25(37-26(20-23)36-18-17-35-16-15-31)27(32)30-13-9-24(10-14-30)29-11-3-2-4-12-29/h5-8,19,23-24,26,31H,2-4,9-18,20H2,1H3/t23-,26+/m1/s1. The van der Waals surface area contributed by atoms with Gasteiger partial charge in [0.1, 0.15) is 0 Å². The first-order chi connectivity index (χ1) is 18.1. The van der Waals surface area contributed by atoms with E-state index in [9.17, 15) is 9.59 Å². The van der Waals surface area contributed by atoms with Gasteiger partial charge in [-0.25, -0.2) is 4.79 Å². The van der Waals surface area contributed by atoms with Gasteiger partial charge in [-0.05, 0) is 62.5 Å². The number of esters is 1. The highest BCUT2D eigenvalue weighted by Gasteiger charge is 2.34. The van der Waals surface area contributed by atoms with Crippen LogP contribution in [0.3, 0.4) is 0 Å². The van der Waals surface area contributed by atoms with E-state index in [0.29, 0.717) is 37.0 Å². The molecule has 204 valence electrons. The number of likely N-dealkylation sites (tertiary alicyclic amines) is 2. The van der Waals surface area contributed by atoms with E-state index in [2.05, 4.69) is 4.90 Å². The van der Waals surface area contributed by atoms with E-state index in [-0.39, 0.29) is 31.0 Å². The topological polar surface area (TPSA) is 97.8 Å². The number of aliphatic hydroxyl groups excluding tert-OH is 1. The van der Waals surface area contributed by atoms with Crippen LogP contribution >= 0.6 is 0 Å². The van der Waals surface area contributed by atoms with Crippen LogP contribution in [0.5, 0.6) is 0 Å². The number of amides is 1. The molecule has 0 unspecified atom stereocenters. The lowest BCUT2D eigenvalue weighted by Gasteiger charge is -2.40. The molecule has 1 aromatic carbocycles. The molecule has 3 heterocycles. The third-order valence-corrected chi connectivity index (χ3v) is 7.45. The van der Waals surface area contributed by atoms with Crippen molar-refractivity contribution < 1.29 is 33.6 Å². The fourth-order valence-electron chi connectivity index (χ4n) is 5.41. The largest absolute Gasteiger partial charge is 0.465 e. The number of ether oxygens (including phenoxy) is 4. The van der Waals surface area contributed by atoms with Crippen molar-refractivity contribution >= 4 is 11.9 Å². The van der Waals surface area contributed by atoms with Gasteiger partial charge in [0.25, 0.3) is 5.91 Å². The van der Waals surface area contributed by atoms with Gasteiger partial charge in [0.2, 0.25) is 6.29 Å². The van der Waals surface area contributed by atoms with Gasteiger partial charge in [-0.15, -0.1) is 0 Å². The number of carbonyl (C=O) groups is 2. The minimum absolute atomic E-state index is 0.0423. The minimum Gasteiger partial charge on any atom is -0.465 e. The molecule has 37 heavy (non-hydrogen) atoms. The fourth-order valence-corrected chi connectivity index (χ4v) is 5.41. The second kappa shape index (κ2) is 13.9. The molecule has 3 aliphatic heterocycles. The van der Waals surface area contributed by atoms with Gasteiger partial charge in [-0.3, -0.25) is 4.79 Å². The molecule has 9 heteroatoms. The van der Waals surface area contributed by atoms with E-state index in [1.165, 1.54) is 39.5 Å². The summed E-state index contributed by atoms with van der Waals surface area (Å²) >= 11 is 0. The number of piperidine rings is 2. The number of methoxy groups -OCH3 is 1. The average Bonchev–Trinajstić information content (AvgIpc) is 2.96. The number of hydrogen-bond acceptors (Lipinski definition) is 8. The Labute approximate surface area is 219 Å². The Bertz CT molecular complexity index is 906. The lowest BCUT2D eigenvalue weighted by Crippen LogP contribution is -2.49. The fraction of sp³-hybridized carbons (Fsp3) is 0.643. The van der Waals surface area contributed by atoms with Crippen molar-refractivity contribution in [2.45, 2.75) is 56.8 Å². The number of rotatable bonds is 10. The lowest BCUT2D eigenvalue weighted by molar-refractivity contribution is -0.157. The smallest absolute Gasteiger partial charge is 0.337 e. The molecular formula is C28H40N2O7. The van der Waals surface area contributed by atoms with Crippen LogP contribution in [0.25, 0.3) is 0 Å². The molecule has 0 saturated carbocycles. The summed E-state index contributed by atoms with van der Waals surface area (Å²) in [5.74, 6) is -0.278. The molecule has 9 nitrogen and oxygen atoms in total. The van der Waals surface area contributed by atoms with Gasteiger partial charge < -0.3 is 33.9 Å². The third kappa shape index (κ3) is 7.54. The van der Waals surface area contributed by atoms with E-state index in [1.807, 2.05) is 23.1 Å². The van der Waals surface area contributed by atoms with E-state index < -0.39 is 6.29 Å². The first-order valence-electron chi connectivity index (χ1n) is 13.5. The Balaban J connectivity index is 1.42. The van der Waals surface area contributed by atoms with Crippen molar-refractivity contribution in [3.8, 4) is 0 Å². The summed E-state index contributed by atoms with van der Waals surface area (Å²) in [6.45, 7) is 4.62. The first-order valence-corrected chi connectivity index (χ1v) is 13.5. The van der Waals surface area contributed by atoms with Crippen LogP contribution in [0.1, 0.15) is 60.4 Å². The summed E-state index contributed by atoms with van der Waals surface area (Å²) in [6, 6.07) is 7.78. The maximum atomic E-state index is 13.5. The molecule has 0 spiro atoms. The van der Waals surface area contributed by atoms with Crippen LogP contribution in [0.15, 0.2) is 36.1 Å². The maximum absolute atomic E-state index is 13.5. The van der Waals surface area contributed by atoms with Gasteiger partial charge in [0.05, 0.1) is 39.1 Å². The Morgan fingerprint density at radius 1 is 1.00 bits per heavy atom. The second-order valence-corrected chi connectivity index (χ2v) is 9.86. The Kier molecular flexibility index (Phi) is 10.4. The molecule has 2 saturated heterocycles. The summed E-state index contributed by atoms with van der Waals surface area (Å²) in [4.78, 5) is 29.8. The summed E-state index contributed by atoms with van der Waals surface area (Å²) in [7, 11) is 1.36. The normalized spacial score (nSPS) is 23.3. The summed E-state index contributed by atoms with van der Waals surface area (Å²) in [5.41, 5.74) is 1.44. The van der Waals surface area contributed by atoms with Gasteiger partial charge in [0.15, 0.2) is 5.76 Å². The molecule has 0 bridgehead atoms. The molecule has 1 aromatic rings. The highest BCUT2D eigenvalue weighted by Crippen LogP contribution is 2.33. The molecule has 0 aliphatic carbocycles. The van der Waals surface area contributed by atoms with Crippen LogP contribution in [0, 0.1) is 0 Å². The third-order valence-electron chi connectivity index (χ3n) is 7.45. The Morgan fingerprint density at radius 2 is 1.73 bits per heavy atom. The number of allylic oxidation sites excluding steroid dienone is 1. The van der Waals surface area contributed by atoms with Crippen molar-refractivity contribution in [3.63, 3.8) is 0 Å². The van der Waals surface area contributed by atoms with Crippen molar-refractivity contribution in [2.24, 2.45) is 0 Å². The van der Waals surface area contributed by atoms with Gasteiger partial charge >= 0.3 is 5.97 Å². The number of nitrogens with zero attached hydrogens (tertiary/aromatic N) is 2. The average molecular weight is 517 g/mol. The molecule has 1 amide bonds. The minimum atomic E-state index is -0.599. The van der Waals surface area contributed by atoms with E-state index >= 15 is 0 Å². The van der Waals surface area contributed by atoms with Crippen molar-refractivity contribution in [1.82, 2.24) is 9.80 Å². The molecule has 1 N–H and O–H groups in total. The maximum Gasteiger partial charge on any atom is 0.337 e. The highest BCUT2D eigenvalue weighted by atomic mass is 16.7. The zero-order chi connectivity index (χ0) is 26.0. The molecule has 0 radical (unpaired) electrons. The Hall–Kier alpha value is -2.46. The van der Waals surface area contributed by atoms with Crippen molar-refractivity contribution in [3.05, 3.63) is 47.2 Å². The lowest BCUT2D eigenvalue weighted by atomic mass is 9.92. The van der Waals surface area contributed by atoms with Crippen LogP contribution in [-0.2, 0) is 23.7 Å². The first kappa shape index (κ1) is 27.6. The highest BCUT2D eigenvalue weighted by molar-refractivity contribution is 5.92. The summed E-state index contributed by atoms with van der Waals surface area (Å²) in [6.07, 6.45) is 7.65. The predicted octanol–water partition coefficient (Wildman–Crippen LogP) is 2.69. The number of hydrogen-bond donors (Lipinski definition) is 1. The molecular weight excluding hydrogens is 476 g/mol. The number of benzene rings is 1. The van der Waals surface area contributed by atoms with Gasteiger partial charge in [0, 0.05) is 31.5 Å². The van der Waals surface area contributed by atoms with Gasteiger partial charge in [-0.2, -0.15) is 0 Å². The molecule has 3 aliphatic rings. The second-order valence-electron chi connectivity index (χ2n) is 9.86. The van der Waals surface area contributed by atoms with Crippen molar-refractivity contribution in [1.29, 1.82) is 0 Å². The predicted molar refractivity (Wildman–Crippen MR) is 137 cm³/mol. The van der Waals surface area contributed by atoms with Crippen LogP contribution in [0.4, 0.5) is 0 Å². The van der Waals surface area contributed by atoms with E-state index in [4.69, 9.17) is 24.1 Å². The van der Waals surface area contributed by atoms with E-state index in [1.54, 1.807) is 12.1 Å². The van der Waals surface area contributed by atoms with Crippen LogP contribution in [-0.4, -0.2) is 98.8 Å². The van der Waals surface area contributed by atoms with Crippen molar-refractivity contribution in [2.75, 3.05) is 59.7 Å². The molecule has 4 rings (SSSR count). The molecule has 2 atom stereocenters. The van der Waals surface area contributed by atoms with Crippen LogP contribution < -0.4 is 0 Å². The van der Waals surface area contributed by atoms with Crippen LogP contribution in [0.2, 0.25) is 0 Å². The number of aliphatic hydroxyl groups is 1. The Morgan fingerprint density at radius 3 is 2.41 bits per heavy atom. The SMILES string of the molecule is COC(=O)c1ccc([C@@H]2C=C(C(=O)N3CCC(N4CCCCC4)CC3)O[C@H](OCCOCCO)C2)cc1. The number of carbonyl (C=O) groups excluding carboxylic acids is 2.